The number of nitrogens with one attached hydrogen (secondary N) is 1. The molecular formula is C18H20ClN. The van der Waals surface area contributed by atoms with E-state index in [0.717, 1.165) is 18.1 Å². The summed E-state index contributed by atoms with van der Waals surface area (Å²) in [5.74, 6) is 0. The summed E-state index contributed by atoms with van der Waals surface area (Å²) in [5.41, 5.74) is 6.89. The Bertz CT molecular complexity index is 619. The quantitative estimate of drug-likeness (QED) is 0.865. The lowest BCUT2D eigenvalue weighted by Gasteiger charge is -2.12. The normalized spacial score (nSPS) is 13.5. The fourth-order valence-electron chi connectivity index (χ4n) is 2.97. The minimum Gasteiger partial charge on any atom is -0.313 e. The largest absolute Gasteiger partial charge is 0.313 e. The second-order valence-corrected chi connectivity index (χ2v) is 5.86. The fraction of sp³-hybridized carbons (Fsp3) is 0.333. The molecule has 0 fully saturated rings. The van der Waals surface area contributed by atoms with Crippen molar-refractivity contribution >= 4 is 11.6 Å². The van der Waals surface area contributed by atoms with Gasteiger partial charge in [0.15, 0.2) is 0 Å². The SMILES string of the molecule is CCNCc1ccc(Cl)cc1-c1ccc2c(c1)CCC2. The van der Waals surface area contributed by atoms with Gasteiger partial charge in [0, 0.05) is 11.6 Å². The molecule has 2 aromatic rings. The molecule has 0 unspecified atom stereocenters. The van der Waals surface area contributed by atoms with Crippen LogP contribution in [0.4, 0.5) is 0 Å². The average Bonchev–Trinajstić information content (AvgIpc) is 2.93. The summed E-state index contributed by atoms with van der Waals surface area (Å²) in [4.78, 5) is 0. The van der Waals surface area contributed by atoms with Crippen molar-refractivity contribution < 1.29 is 0 Å². The Morgan fingerprint density at radius 2 is 1.90 bits per heavy atom. The van der Waals surface area contributed by atoms with Gasteiger partial charge in [-0.1, -0.05) is 42.8 Å². The second-order valence-electron chi connectivity index (χ2n) is 5.42. The van der Waals surface area contributed by atoms with Crippen molar-refractivity contribution in [3.8, 4) is 11.1 Å². The predicted octanol–water partition coefficient (Wildman–Crippen LogP) is 4.61. The number of aryl methyl sites for hydroxylation is 2. The van der Waals surface area contributed by atoms with Crippen LogP contribution in [0.1, 0.15) is 30.0 Å². The molecule has 0 bridgehead atoms. The number of fused-ring (bicyclic) bond motifs is 1. The molecule has 0 heterocycles. The first-order valence-electron chi connectivity index (χ1n) is 7.39. The van der Waals surface area contributed by atoms with Gasteiger partial charge in [-0.2, -0.15) is 0 Å². The molecular weight excluding hydrogens is 266 g/mol. The lowest BCUT2D eigenvalue weighted by atomic mass is 9.96. The summed E-state index contributed by atoms with van der Waals surface area (Å²) in [6, 6.07) is 13.1. The van der Waals surface area contributed by atoms with Crippen LogP contribution in [-0.2, 0) is 19.4 Å². The lowest BCUT2D eigenvalue weighted by molar-refractivity contribution is 0.728. The third-order valence-electron chi connectivity index (χ3n) is 4.05. The molecule has 3 rings (SSSR count). The van der Waals surface area contributed by atoms with E-state index in [2.05, 4.69) is 42.6 Å². The van der Waals surface area contributed by atoms with Crippen LogP contribution in [0.2, 0.25) is 5.02 Å². The third kappa shape index (κ3) is 2.74. The number of rotatable bonds is 4. The van der Waals surface area contributed by atoms with Crippen molar-refractivity contribution in [2.75, 3.05) is 6.54 Å². The van der Waals surface area contributed by atoms with E-state index in [1.54, 1.807) is 0 Å². The fourth-order valence-corrected chi connectivity index (χ4v) is 3.14. The maximum atomic E-state index is 6.20. The summed E-state index contributed by atoms with van der Waals surface area (Å²) in [7, 11) is 0. The van der Waals surface area contributed by atoms with Crippen molar-refractivity contribution in [3.63, 3.8) is 0 Å². The monoisotopic (exact) mass is 285 g/mol. The zero-order chi connectivity index (χ0) is 13.9. The first-order chi connectivity index (χ1) is 9.78. The van der Waals surface area contributed by atoms with E-state index in [9.17, 15) is 0 Å². The zero-order valence-corrected chi connectivity index (χ0v) is 12.6. The van der Waals surface area contributed by atoms with Crippen LogP contribution < -0.4 is 5.32 Å². The van der Waals surface area contributed by atoms with E-state index in [-0.39, 0.29) is 0 Å². The summed E-state index contributed by atoms with van der Waals surface area (Å²) in [6.07, 6.45) is 3.74. The van der Waals surface area contributed by atoms with Gasteiger partial charge in [-0.25, -0.2) is 0 Å². The van der Waals surface area contributed by atoms with E-state index >= 15 is 0 Å². The molecule has 0 saturated heterocycles. The maximum absolute atomic E-state index is 6.20. The van der Waals surface area contributed by atoms with Crippen molar-refractivity contribution in [1.29, 1.82) is 0 Å². The Balaban J connectivity index is 2.01. The molecule has 1 aliphatic rings. The highest BCUT2D eigenvalue weighted by atomic mass is 35.5. The number of halogens is 1. The summed E-state index contributed by atoms with van der Waals surface area (Å²) >= 11 is 6.20. The van der Waals surface area contributed by atoms with Gasteiger partial charge in [0.2, 0.25) is 0 Å². The van der Waals surface area contributed by atoms with Gasteiger partial charge in [0.25, 0.3) is 0 Å². The first-order valence-corrected chi connectivity index (χ1v) is 7.77. The molecule has 2 heteroatoms. The topological polar surface area (TPSA) is 12.0 Å². The molecule has 0 radical (unpaired) electrons. The molecule has 0 amide bonds. The molecule has 0 aliphatic heterocycles. The van der Waals surface area contributed by atoms with E-state index < -0.39 is 0 Å². The molecule has 0 aromatic heterocycles. The maximum Gasteiger partial charge on any atom is 0.0412 e. The molecule has 0 saturated carbocycles. The highest BCUT2D eigenvalue weighted by molar-refractivity contribution is 6.30. The standard InChI is InChI=1S/C18H20ClN/c1-2-20-12-16-8-9-17(19)11-18(16)15-7-6-13-4-3-5-14(13)10-15/h6-11,20H,2-5,12H2,1H3. The second kappa shape index (κ2) is 5.99. The number of benzene rings is 2. The molecule has 1 aliphatic carbocycles. The predicted molar refractivity (Wildman–Crippen MR) is 86.3 cm³/mol. The molecule has 1 N–H and O–H groups in total. The highest BCUT2D eigenvalue weighted by Gasteiger charge is 2.13. The minimum absolute atomic E-state index is 0.806. The summed E-state index contributed by atoms with van der Waals surface area (Å²) < 4.78 is 0. The van der Waals surface area contributed by atoms with Crippen LogP contribution in [-0.4, -0.2) is 6.54 Å². The molecule has 1 nitrogen and oxygen atoms in total. The zero-order valence-electron chi connectivity index (χ0n) is 11.9. The molecule has 0 spiro atoms. The average molecular weight is 286 g/mol. The van der Waals surface area contributed by atoms with E-state index in [4.69, 9.17) is 11.6 Å². The van der Waals surface area contributed by atoms with Crippen molar-refractivity contribution in [3.05, 3.63) is 58.1 Å². The first kappa shape index (κ1) is 13.7. The smallest absolute Gasteiger partial charge is 0.0412 e. The Morgan fingerprint density at radius 3 is 2.75 bits per heavy atom. The van der Waals surface area contributed by atoms with Crippen LogP contribution in [0.3, 0.4) is 0 Å². The van der Waals surface area contributed by atoms with E-state index in [0.29, 0.717) is 0 Å². The summed E-state index contributed by atoms with van der Waals surface area (Å²) in [5, 5.41) is 4.21. The highest BCUT2D eigenvalue weighted by Crippen LogP contribution is 2.31. The Hall–Kier alpha value is -1.31. The molecule has 2 aromatic carbocycles. The van der Waals surface area contributed by atoms with Crippen LogP contribution in [0.5, 0.6) is 0 Å². The van der Waals surface area contributed by atoms with Crippen LogP contribution >= 0.6 is 11.6 Å². The van der Waals surface area contributed by atoms with Crippen LogP contribution in [0.15, 0.2) is 36.4 Å². The van der Waals surface area contributed by atoms with Gasteiger partial charge in [-0.05, 0) is 65.8 Å². The minimum atomic E-state index is 0.806. The van der Waals surface area contributed by atoms with Gasteiger partial charge in [0.1, 0.15) is 0 Å². The van der Waals surface area contributed by atoms with Crippen molar-refractivity contribution in [2.45, 2.75) is 32.7 Å². The number of hydrogen-bond donors (Lipinski definition) is 1. The van der Waals surface area contributed by atoms with Crippen LogP contribution in [0.25, 0.3) is 11.1 Å². The van der Waals surface area contributed by atoms with E-state index in [1.807, 2.05) is 6.07 Å². The van der Waals surface area contributed by atoms with Gasteiger partial charge < -0.3 is 5.32 Å². The lowest BCUT2D eigenvalue weighted by Crippen LogP contribution is -2.12. The third-order valence-corrected chi connectivity index (χ3v) is 4.28. The van der Waals surface area contributed by atoms with Crippen molar-refractivity contribution in [1.82, 2.24) is 5.32 Å². The van der Waals surface area contributed by atoms with Gasteiger partial charge >= 0.3 is 0 Å². The molecule has 20 heavy (non-hydrogen) atoms. The van der Waals surface area contributed by atoms with E-state index in [1.165, 1.54) is 47.1 Å². The Morgan fingerprint density at radius 1 is 1.05 bits per heavy atom. The summed E-state index contributed by atoms with van der Waals surface area (Å²) in [6.45, 7) is 4.00. The van der Waals surface area contributed by atoms with Crippen molar-refractivity contribution in [2.24, 2.45) is 0 Å². The van der Waals surface area contributed by atoms with Gasteiger partial charge in [-0.15, -0.1) is 0 Å². The van der Waals surface area contributed by atoms with Gasteiger partial charge in [0.05, 0.1) is 0 Å². The Kier molecular flexibility index (Phi) is 4.09. The number of hydrogen-bond acceptors (Lipinski definition) is 1. The molecule has 0 atom stereocenters. The van der Waals surface area contributed by atoms with Crippen LogP contribution in [0, 0.1) is 0 Å². The molecule has 104 valence electrons. The Labute approximate surface area is 126 Å². The van der Waals surface area contributed by atoms with Gasteiger partial charge in [-0.3, -0.25) is 0 Å².